The molecular weight excluding hydrogens is 358 g/mol. The lowest BCUT2D eigenvalue weighted by Gasteiger charge is -2.13. The number of anilines is 1. The molecule has 0 atom stereocenters. The molecule has 2 N–H and O–H groups in total. The van der Waals surface area contributed by atoms with Crippen molar-refractivity contribution in [1.29, 1.82) is 0 Å². The van der Waals surface area contributed by atoms with Gasteiger partial charge >= 0.3 is 0 Å². The molecule has 2 aromatic carbocycles. The fourth-order valence-electron chi connectivity index (χ4n) is 2.36. The van der Waals surface area contributed by atoms with Gasteiger partial charge in [0.25, 0.3) is 5.91 Å². The Kier molecular flexibility index (Phi) is 6.12. The van der Waals surface area contributed by atoms with Gasteiger partial charge in [0, 0.05) is 11.8 Å². The SMILES string of the molecule is Cc1ccc(C(=O)NC(=S)Nc2ncccc2OCc2ccccc2)cc1. The van der Waals surface area contributed by atoms with E-state index in [9.17, 15) is 4.79 Å². The number of benzene rings is 2. The zero-order valence-electron chi connectivity index (χ0n) is 14.8. The predicted molar refractivity (Wildman–Crippen MR) is 110 cm³/mol. The summed E-state index contributed by atoms with van der Waals surface area (Å²) in [4.78, 5) is 16.5. The minimum atomic E-state index is -0.282. The minimum absolute atomic E-state index is 0.156. The van der Waals surface area contributed by atoms with Crippen molar-refractivity contribution >= 4 is 29.1 Å². The third-order valence-corrected chi connectivity index (χ3v) is 3.98. The molecule has 3 rings (SSSR count). The van der Waals surface area contributed by atoms with Crippen molar-refractivity contribution < 1.29 is 9.53 Å². The van der Waals surface area contributed by atoms with Gasteiger partial charge in [-0.2, -0.15) is 0 Å². The molecule has 0 aliphatic carbocycles. The Morgan fingerprint density at radius 2 is 1.78 bits per heavy atom. The molecule has 0 unspecified atom stereocenters. The molecule has 0 saturated carbocycles. The van der Waals surface area contributed by atoms with Gasteiger partial charge in [-0.3, -0.25) is 10.1 Å². The first kappa shape index (κ1) is 18.5. The number of nitrogens with zero attached hydrogens (tertiary/aromatic N) is 1. The van der Waals surface area contributed by atoms with Crippen LogP contribution >= 0.6 is 12.2 Å². The molecule has 0 radical (unpaired) electrons. The van der Waals surface area contributed by atoms with Gasteiger partial charge < -0.3 is 10.1 Å². The molecule has 0 fully saturated rings. The average Bonchev–Trinajstić information content (AvgIpc) is 2.68. The number of amides is 1. The van der Waals surface area contributed by atoms with E-state index in [-0.39, 0.29) is 11.0 Å². The smallest absolute Gasteiger partial charge is 0.257 e. The normalized spacial score (nSPS) is 10.1. The lowest BCUT2D eigenvalue weighted by Crippen LogP contribution is -2.34. The van der Waals surface area contributed by atoms with Crippen LogP contribution in [0.1, 0.15) is 21.5 Å². The fraction of sp³-hybridized carbons (Fsp3) is 0.0952. The number of carbonyl (C=O) groups excluding carboxylic acids is 1. The topological polar surface area (TPSA) is 63.2 Å². The number of thiocarbonyl (C=S) groups is 1. The second kappa shape index (κ2) is 8.91. The summed E-state index contributed by atoms with van der Waals surface area (Å²) in [6.45, 7) is 2.37. The summed E-state index contributed by atoms with van der Waals surface area (Å²) in [7, 11) is 0. The maximum Gasteiger partial charge on any atom is 0.257 e. The van der Waals surface area contributed by atoms with Crippen LogP contribution in [-0.2, 0) is 6.61 Å². The molecule has 0 spiro atoms. The van der Waals surface area contributed by atoms with Crippen molar-refractivity contribution in [3.8, 4) is 5.75 Å². The van der Waals surface area contributed by atoms with Gasteiger partial charge in [0.2, 0.25) is 0 Å². The Morgan fingerprint density at radius 1 is 1.04 bits per heavy atom. The van der Waals surface area contributed by atoms with Gasteiger partial charge in [0.15, 0.2) is 16.7 Å². The summed E-state index contributed by atoms with van der Waals surface area (Å²) < 4.78 is 5.83. The van der Waals surface area contributed by atoms with Crippen LogP contribution in [0.25, 0.3) is 0 Å². The molecular formula is C21H19N3O2S. The molecule has 5 nitrogen and oxygen atoms in total. The van der Waals surface area contributed by atoms with E-state index in [1.807, 2.05) is 49.4 Å². The molecule has 136 valence electrons. The Labute approximate surface area is 163 Å². The van der Waals surface area contributed by atoms with Crippen LogP contribution in [-0.4, -0.2) is 16.0 Å². The van der Waals surface area contributed by atoms with Crippen LogP contribution in [0.4, 0.5) is 5.82 Å². The number of hydrogen-bond donors (Lipinski definition) is 2. The fourth-order valence-corrected chi connectivity index (χ4v) is 2.54. The highest BCUT2D eigenvalue weighted by Crippen LogP contribution is 2.22. The van der Waals surface area contributed by atoms with Crippen LogP contribution in [0.15, 0.2) is 72.9 Å². The van der Waals surface area contributed by atoms with Gasteiger partial charge in [0.1, 0.15) is 6.61 Å². The predicted octanol–water partition coefficient (Wildman–Crippen LogP) is 4.10. The van der Waals surface area contributed by atoms with Crippen LogP contribution in [0.2, 0.25) is 0 Å². The lowest BCUT2D eigenvalue weighted by atomic mass is 10.1. The standard InChI is InChI=1S/C21H19N3O2S/c1-15-9-11-17(12-10-15)20(25)24-21(27)23-19-18(8-5-13-22-19)26-14-16-6-3-2-4-7-16/h2-13H,14H2,1H3,(H2,22,23,24,25,27). The minimum Gasteiger partial charge on any atom is -0.485 e. The summed E-state index contributed by atoms with van der Waals surface area (Å²) in [6.07, 6.45) is 1.63. The van der Waals surface area contributed by atoms with Gasteiger partial charge in [-0.15, -0.1) is 0 Å². The maximum atomic E-state index is 12.3. The van der Waals surface area contributed by atoms with E-state index in [0.717, 1.165) is 11.1 Å². The number of aryl methyl sites for hydroxylation is 1. The monoisotopic (exact) mass is 377 g/mol. The van der Waals surface area contributed by atoms with Crippen LogP contribution in [0.3, 0.4) is 0 Å². The number of pyridine rings is 1. The van der Waals surface area contributed by atoms with Crippen molar-refractivity contribution in [2.75, 3.05) is 5.32 Å². The highest BCUT2D eigenvalue weighted by molar-refractivity contribution is 7.80. The first-order chi connectivity index (χ1) is 13.1. The molecule has 1 heterocycles. The molecule has 1 amide bonds. The first-order valence-electron chi connectivity index (χ1n) is 8.42. The average molecular weight is 377 g/mol. The van der Waals surface area contributed by atoms with Crippen molar-refractivity contribution in [3.05, 3.63) is 89.6 Å². The Morgan fingerprint density at radius 3 is 2.52 bits per heavy atom. The van der Waals surface area contributed by atoms with Crippen molar-refractivity contribution in [2.24, 2.45) is 0 Å². The van der Waals surface area contributed by atoms with Crippen LogP contribution in [0, 0.1) is 6.92 Å². The number of rotatable bonds is 5. The number of ether oxygens (including phenoxy) is 1. The first-order valence-corrected chi connectivity index (χ1v) is 8.83. The Hall–Kier alpha value is -3.25. The molecule has 1 aromatic heterocycles. The summed E-state index contributed by atoms with van der Waals surface area (Å²) in [5, 5.41) is 5.73. The molecule has 0 saturated heterocycles. The quantitative estimate of drug-likeness (QED) is 0.656. The maximum absolute atomic E-state index is 12.3. The van der Waals surface area contributed by atoms with Crippen molar-refractivity contribution in [2.45, 2.75) is 13.5 Å². The Bertz CT molecular complexity index is 928. The number of nitrogens with one attached hydrogen (secondary N) is 2. The van der Waals surface area contributed by atoms with Crippen molar-refractivity contribution in [1.82, 2.24) is 10.3 Å². The van der Waals surface area contributed by atoms with Gasteiger partial charge in [-0.1, -0.05) is 48.0 Å². The van der Waals surface area contributed by atoms with E-state index in [0.29, 0.717) is 23.7 Å². The highest BCUT2D eigenvalue weighted by Gasteiger charge is 2.11. The molecule has 0 aliphatic heterocycles. The third kappa shape index (κ3) is 5.36. The number of aromatic nitrogens is 1. The van der Waals surface area contributed by atoms with Crippen LogP contribution in [0.5, 0.6) is 5.75 Å². The molecule has 0 bridgehead atoms. The lowest BCUT2D eigenvalue weighted by molar-refractivity contribution is 0.0977. The van der Waals surface area contributed by atoms with Gasteiger partial charge in [-0.05, 0) is 49.0 Å². The third-order valence-electron chi connectivity index (χ3n) is 3.78. The summed E-state index contributed by atoms with van der Waals surface area (Å²) in [6, 6.07) is 20.7. The molecule has 6 heteroatoms. The van der Waals surface area contributed by atoms with E-state index in [1.54, 1.807) is 30.5 Å². The zero-order chi connectivity index (χ0) is 19.1. The molecule has 27 heavy (non-hydrogen) atoms. The second-order valence-corrected chi connectivity index (χ2v) is 6.31. The summed E-state index contributed by atoms with van der Waals surface area (Å²) >= 11 is 5.24. The molecule has 3 aromatic rings. The van der Waals surface area contributed by atoms with Crippen LogP contribution < -0.4 is 15.4 Å². The summed E-state index contributed by atoms with van der Waals surface area (Å²) in [5.41, 5.74) is 2.66. The number of hydrogen-bond acceptors (Lipinski definition) is 4. The van der Waals surface area contributed by atoms with E-state index < -0.39 is 0 Å². The summed E-state index contributed by atoms with van der Waals surface area (Å²) in [5.74, 6) is 0.714. The Balaban J connectivity index is 1.62. The largest absolute Gasteiger partial charge is 0.485 e. The van der Waals surface area contributed by atoms with Gasteiger partial charge in [0.05, 0.1) is 0 Å². The van der Waals surface area contributed by atoms with E-state index >= 15 is 0 Å². The van der Waals surface area contributed by atoms with E-state index in [2.05, 4.69) is 15.6 Å². The number of carbonyl (C=O) groups is 1. The van der Waals surface area contributed by atoms with Crippen molar-refractivity contribution in [3.63, 3.8) is 0 Å². The zero-order valence-corrected chi connectivity index (χ0v) is 15.6. The van der Waals surface area contributed by atoms with E-state index in [1.165, 1.54) is 0 Å². The van der Waals surface area contributed by atoms with E-state index in [4.69, 9.17) is 17.0 Å². The van der Waals surface area contributed by atoms with Gasteiger partial charge in [-0.25, -0.2) is 4.98 Å². The highest BCUT2D eigenvalue weighted by atomic mass is 32.1. The second-order valence-electron chi connectivity index (χ2n) is 5.90. The molecule has 0 aliphatic rings.